The Labute approximate surface area is 76.5 Å². The molecule has 72 valence electrons. The van der Waals surface area contributed by atoms with E-state index in [1.165, 1.54) is 51.4 Å². The van der Waals surface area contributed by atoms with Gasteiger partial charge in [-0.3, -0.25) is 0 Å². The SMILES string of the molecule is CCOC1CCCCCCCC1. The van der Waals surface area contributed by atoms with Gasteiger partial charge in [0, 0.05) is 6.61 Å². The predicted molar refractivity (Wildman–Crippen MR) is 52.4 cm³/mol. The molecule has 0 aromatic carbocycles. The Balaban J connectivity index is 2.19. The van der Waals surface area contributed by atoms with E-state index in [2.05, 4.69) is 6.92 Å². The van der Waals surface area contributed by atoms with Crippen molar-refractivity contribution in [3.8, 4) is 0 Å². The van der Waals surface area contributed by atoms with Gasteiger partial charge < -0.3 is 4.74 Å². The third kappa shape index (κ3) is 4.10. The van der Waals surface area contributed by atoms with Gasteiger partial charge in [0.05, 0.1) is 6.10 Å². The highest BCUT2D eigenvalue weighted by molar-refractivity contribution is 4.61. The van der Waals surface area contributed by atoms with Gasteiger partial charge in [-0.2, -0.15) is 0 Å². The number of hydrogen-bond acceptors (Lipinski definition) is 1. The first-order valence-electron chi connectivity index (χ1n) is 5.55. The summed E-state index contributed by atoms with van der Waals surface area (Å²) in [6, 6.07) is 0. The van der Waals surface area contributed by atoms with Crippen molar-refractivity contribution in [2.24, 2.45) is 0 Å². The zero-order chi connectivity index (χ0) is 8.65. The van der Waals surface area contributed by atoms with Crippen LogP contribution in [0.15, 0.2) is 0 Å². The molecule has 12 heavy (non-hydrogen) atoms. The molecule has 0 amide bonds. The van der Waals surface area contributed by atoms with E-state index in [9.17, 15) is 0 Å². The van der Waals surface area contributed by atoms with Gasteiger partial charge in [0.1, 0.15) is 0 Å². The number of rotatable bonds is 2. The second-order valence-corrected chi connectivity index (χ2v) is 3.78. The first-order valence-corrected chi connectivity index (χ1v) is 5.55. The maximum absolute atomic E-state index is 5.67. The van der Waals surface area contributed by atoms with E-state index in [-0.39, 0.29) is 0 Å². The summed E-state index contributed by atoms with van der Waals surface area (Å²) >= 11 is 0. The Morgan fingerprint density at radius 2 is 1.42 bits per heavy atom. The minimum Gasteiger partial charge on any atom is -0.379 e. The summed E-state index contributed by atoms with van der Waals surface area (Å²) in [5, 5.41) is 0. The van der Waals surface area contributed by atoms with Crippen LogP contribution in [0.5, 0.6) is 0 Å². The third-order valence-electron chi connectivity index (χ3n) is 2.70. The Morgan fingerprint density at radius 3 is 1.92 bits per heavy atom. The lowest BCUT2D eigenvalue weighted by molar-refractivity contribution is 0.0484. The van der Waals surface area contributed by atoms with Crippen molar-refractivity contribution in [1.29, 1.82) is 0 Å². The molecule has 0 spiro atoms. The summed E-state index contributed by atoms with van der Waals surface area (Å²) in [7, 11) is 0. The summed E-state index contributed by atoms with van der Waals surface area (Å²) in [5.74, 6) is 0. The van der Waals surface area contributed by atoms with Gasteiger partial charge in [-0.25, -0.2) is 0 Å². The van der Waals surface area contributed by atoms with Crippen LogP contribution >= 0.6 is 0 Å². The molecular weight excluding hydrogens is 148 g/mol. The maximum atomic E-state index is 5.67. The standard InChI is InChI=1S/C11H22O/c1-2-12-11-9-7-5-3-4-6-8-10-11/h11H,2-10H2,1H3. The van der Waals surface area contributed by atoms with Crippen molar-refractivity contribution >= 4 is 0 Å². The van der Waals surface area contributed by atoms with Crippen LogP contribution in [-0.2, 0) is 4.74 Å². The van der Waals surface area contributed by atoms with Crippen LogP contribution in [-0.4, -0.2) is 12.7 Å². The normalized spacial score (nSPS) is 22.8. The van der Waals surface area contributed by atoms with Crippen molar-refractivity contribution < 1.29 is 4.74 Å². The molecule has 0 N–H and O–H groups in total. The molecule has 0 radical (unpaired) electrons. The van der Waals surface area contributed by atoms with Crippen LogP contribution in [0.4, 0.5) is 0 Å². The molecule has 0 unspecified atom stereocenters. The van der Waals surface area contributed by atoms with Gasteiger partial charge in [-0.1, -0.05) is 38.5 Å². The lowest BCUT2D eigenvalue weighted by atomic mass is 10.1. The van der Waals surface area contributed by atoms with E-state index in [1.54, 1.807) is 0 Å². The molecular formula is C11H22O. The average Bonchev–Trinajstić information content (AvgIpc) is 2.19. The van der Waals surface area contributed by atoms with Crippen molar-refractivity contribution in [2.45, 2.75) is 64.4 Å². The highest BCUT2D eigenvalue weighted by atomic mass is 16.5. The van der Waals surface area contributed by atoms with E-state index in [0.29, 0.717) is 6.10 Å². The minimum atomic E-state index is 0.577. The molecule has 0 saturated heterocycles. The summed E-state index contributed by atoms with van der Waals surface area (Å²) in [6.07, 6.45) is 11.7. The zero-order valence-corrected chi connectivity index (χ0v) is 8.35. The van der Waals surface area contributed by atoms with Gasteiger partial charge in [0.2, 0.25) is 0 Å². The molecule has 0 aromatic heterocycles. The zero-order valence-electron chi connectivity index (χ0n) is 8.35. The molecule has 1 fully saturated rings. The monoisotopic (exact) mass is 170 g/mol. The van der Waals surface area contributed by atoms with Crippen LogP contribution < -0.4 is 0 Å². The Kier molecular flexibility index (Phi) is 5.42. The largest absolute Gasteiger partial charge is 0.379 e. The Hall–Kier alpha value is -0.0400. The Bertz CT molecular complexity index is 91.2. The lowest BCUT2D eigenvalue weighted by Gasteiger charge is -2.15. The molecule has 1 aliphatic carbocycles. The van der Waals surface area contributed by atoms with E-state index in [0.717, 1.165) is 6.61 Å². The highest BCUT2D eigenvalue weighted by Crippen LogP contribution is 2.18. The first-order chi connectivity index (χ1) is 5.93. The Morgan fingerprint density at radius 1 is 0.917 bits per heavy atom. The predicted octanol–water partition coefficient (Wildman–Crippen LogP) is 3.53. The molecule has 1 heteroatoms. The highest BCUT2D eigenvalue weighted by Gasteiger charge is 2.09. The molecule has 0 aromatic rings. The lowest BCUT2D eigenvalue weighted by Crippen LogP contribution is -2.12. The molecule has 1 rings (SSSR count). The molecule has 1 aliphatic rings. The van der Waals surface area contributed by atoms with Gasteiger partial charge in [0.25, 0.3) is 0 Å². The smallest absolute Gasteiger partial charge is 0.0575 e. The van der Waals surface area contributed by atoms with Crippen LogP contribution in [0.1, 0.15) is 58.3 Å². The number of hydrogen-bond donors (Lipinski definition) is 0. The fourth-order valence-electron chi connectivity index (χ4n) is 2.00. The number of ether oxygens (including phenoxy) is 1. The van der Waals surface area contributed by atoms with Crippen LogP contribution in [0.2, 0.25) is 0 Å². The molecule has 0 bridgehead atoms. The van der Waals surface area contributed by atoms with Crippen molar-refractivity contribution in [2.75, 3.05) is 6.61 Å². The fraction of sp³-hybridized carbons (Fsp3) is 1.00. The van der Waals surface area contributed by atoms with Gasteiger partial charge in [0.15, 0.2) is 0 Å². The van der Waals surface area contributed by atoms with E-state index >= 15 is 0 Å². The van der Waals surface area contributed by atoms with Crippen molar-refractivity contribution in [3.05, 3.63) is 0 Å². The second-order valence-electron chi connectivity index (χ2n) is 3.78. The molecule has 0 heterocycles. The summed E-state index contributed by atoms with van der Waals surface area (Å²) in [5.41, 5.74) is 0. The van der Waals surface area contributed by atoms with Gasteiger partial charge in [-0.15, -0.1) is 0 Å². The molecule has 1 nitrogen and oxygen atoms in total. The van der Waals surface area contributed by atoms with Crippen LogP contribution in [0.3, 0.4) is 0 Å². The molecule has 0 atom stereocenters. The summed E-state index contributed by atoms with van der Waals surface area (Å²) in [4.78, 5) is 0. The van der Waals surface area contributed by atoms with Crippen molar-refractivity contribution in [3.63, 3.8) is 0 Å². The van der Waals surface area contributed by atoms with Gasteiger partial charge in [-0.05, 0) is 19.8 Å². The van der Waals surface area contributed by atoms with Crippen molar-refractivity contribution in [1.82, 2.24) is 0 Å². The quantitative estimate of drug-likeness (QED) is 0.616. The van der Waals surface area contributed by atoms with Crippen LogP contribution in [0.25, 0.3) is 0 Å². The average molecular weight is 170 g/mol. The maximum Gasteiger partial charge on any atom is 0.0575 e. The molecule has 1 saturated carbocycles. The summed E-state index contributed by atoms with van der Waals surface area (Å²) < 4.78 is 5.67. The first kappa shape index (κ1) is 10.0. The fourth-order valence-corrected chi connectivity index (χ4v) is 2.00. The third-order valence-corrected chi connectivity index (χ3v) is 2.70. The van der Waals surface area contributed by atoms with Crippen LogP contribution in [0, 0.1) is 0 Å². The van der Waals surface area contributed by atoms with E-state index in [4.69, 9.17) is 4.74 Å². The summed E-state index contributed by atoms with van der Waals surface area (Å²) in [6.45, 7) is 3.00. The minimum absolute atomic E-state index is 0.577. The topological polar surface area (TPSA) is 9.23 Å². The molecule has 0 aliphatic heterocycles. The van der Waals surface area contributed by atoms with E-state index < -0.39 is 0 Å². The van der Waals surface area contributed by atoms with Gasteiger partial charge >= 0.3 is 0 Å². The van der Waals surface area contributed by atoms with E-state index in [1.807, 2.05) is 0 Å². The second kappa shape index (κ2) is 6.47.